The molecule has 0 aliphatic rings. The summed E-state index contributed by atoms with van der Waals surface area (Å²) in [6.45, 7) is 2.06. The molecule has 0 aliphatic heterocycles. The molecule has 1 atom stereocenters. The quantitative estimate of drug-likeness (QED) is 0.786. The van der Waals surface area contributed by atoms with E-state index in [-0.39, 0.29) is 0 Å². The molecule has 3 N–H and O–H groups in total. The van der Waals surface area contributed by atoms with Gasteiger partial charge in [0.15, 0.2) is 0 Å². The van der Waals surface area contributed by atoms with Crippen molar-refractivity contribution < 1.29 is 0 Å². The van der Waals surface area contributed by atoms with Gasteiger partial charge >= 0.3 is 0 Å². The number of benzene rings is 1. The first kappa shape index (κ1) is 10.2. The molecule has 2 aromatic rings. The van der Waals surface area contributed by atoms with E-state index in [2.05, 4.69) is 42.4 Å². The van der Waals surface area contributed by atoms with Gasteiger partial charge < -0.3 is 10.7 Å². The number of rotatable bonds is 4. The van der Waals surface area contributed by atoms with E-state index >= 15 is 0 Å². The van der Waals surface area contributed by atoms with Crippen LogP contribution in [0.1, 0.15) is 25.3 Å². The van der Waals surface area contributed by atoms with E-state index in [0.29, 0.717) is 6.04 Å². The largest absolute Gasteiger partial charge is 0.361 e. The first-order chi connectivity index (χ1) is 7.27. The fraction of sp³-hybridized carbons (Fsp3) is 0.385. The fourth-order valence-electron chi connectivity index (χ4n) is 1.95. The van der Waals surface area contributed by atoms with Crippen molar-refractivity contribution in [2.45, 2.75) is 32.2 Å². The summed E-state index contributed by atoms with van der Waals surface area (Å²) in [5.74, 6) is 0. The molecule has 2 rings (SSSR count). The van der Waals surface area contributed by atoms with Crippen molar-refractivity contribution in [3.05, 3.63) is 36.0 Å². The van der Waals surface area contributed by atoms with Crippen molar-refractivity contribution >= 4 is 10.9 Å². The predicted molar refractivity (Wildman–Crippen MR) is 64.9 cm³/mol. The minimum atomic E-state index is 0.315. The normalized spacial score (nSPS) is 13.2. The summed E-state index contributed by atoms with van der Waals surface area (Å²) in [4.78, 5) is 3.30. The summed E-state index contributed by atoms with van der Waals surface area (Å²) >= 11 is 0. The molecule has 0 aliphatic carbocycles. The molecule has 0 amide bonds. The maximum Gasteiger partial charge on any atom is 0.0456 e. The zero-order chi connectivity index (χ0) is 10.7. The maximum absolute atomic E-state index is 5.74. The van der Waals surface area contributed by atoms with Crippen molar-refractivity contribution in [2.24, 2.45) is 5.73 Å². The Morgan fingerprint density at radius 1 is 1.33 bits per heavy atom. The van der Waals surface area contributed by atoms with E-state index in [9.17, 15) is 0 Å². The number of para-hydroxylation sites is 1. The average Bonchev–Trinajstić information content (AvgIpc) is 2.62. The van der Waals surface area contributed by atoms with Crippen LogP contribution >= 0.6 is 0 Å². The van der Waals surface area contributed by atoms with Gasteiger partial charge in [0.05, 0.1) is 0 Å². The second-order valence-corrected chi connectivity index (χ2v) is 4.23. The van der Waals surface area contributed by atoms with Crippen molar-refractivity contribution in [3.63, 3.8) is 0 Å². The molecule has 2 heteroatoms. The van der Waals surface area contributed by atoms with Crippen LogP contribution in [0.25, 0.3) is 10.9 Å². The molecule has 0 saturated carbocycles. The molecule has 80 valence electrons. The molecular formula is C13H18N2. The van der Waals surface area contributed by atoms with E-state index in [1.54, 1.807) is 0 Å². The fourth-order valence-corrected chi connectivity index (χ4v) is 1.95. The lowest BCUT2D eigenvalue weighted by Crippen LogP contribution is -2.14. The Hall–Kier alpha value is -1.28. The highest BCUT2D eigenvalue weighted by molar-refractivity contribution is 5.82. The Bertz CT molecular complexity index is 429. The van der Waals surface area contributed by atoms with Crippen LogP contribution in [0.3, 0.4) is 0 Å². The van der Waals surface area contributed by atoms with E-state index in [4.69, 9.17) is 5.73 Å². The zero-order valence-electron chi connectivity index (χ0n) is 9.16. The topological polar surface area (TPSA) is 41.8 Å². The lowest BCUT2D eigenvalue weighted by Gasteiger charge is -2.03. The Morgan fingerprint density at radius 2 is 2.13 bits per heavy atom. The van der Waals surface area contributed by atoms with Crippen LogP contribution in [0.4, 0.5) is 0 Å². The van der Waals surface area contributed by atoms with Crippen molar-refractivity contribution in [1.82, 2.24) is 4.98 Å². The molecule has 0 unspecified atom stereocenters. The molecule has 1 aromatic heterocycles. The van der Waals surface area contributed by atoms with E-state index < -0.39 is 0 Å². The number of hydrogen-bond acceptors (Lipinski definition) is 1. The number of aromatic nitrogens is 1. The third-order valence-corrected chi connectivity index (χ3v) is 2.78. The van der Waals surface area contributed by atoms with Gasteiger partial charge in [-0.3, -0.25) is 0 Å². The predicted octanol–water partition coefficient (Wildman–Crippen LogP) is 2.84. The molecular weight excluding hydrogens is 184 g/mol. The molecule has 0 bridgehead atoms. The number of hydrogen-bond donors (Lipinski definition) is 2. The molecule has 0 radical (unpaired) electrons. The van der Waals surface area contributed by atoms with Crippen LogP contribution in [-0.4, -0.2) is 11.0 Å². The highest BCUT2D eigenvalue weighted by atomic mass is 14.7. The van der Waals surface area contributed by atoms with Gasteiger partial charge in [0.1, 0.15) is 0 Å². The molecule has 1 aromatic carbocycles. The summed E-state index contributed by atoms with van der Waals surface area (Å²) < 4.78 is 0. The van der Waals surface area contributed by atoms with Gasteiger partial charge in [0.25, 0.3) is 0 Å². The third kappa shape index (κ3) is 2.39. The van der Waals surface area contributed by atoms with Crippen LogP contribution in [0.2, 0.25) is 0 Å². The third-order valence-electron chi connectivity index (χ3n) is 2.78. The Balaban J connectivity index is 2.08. The SMILES string of the molecule is C[C@@H](N)CCCc1c[nH]c2ccccc12. The van der Waals surface area contributed by atoms with Gasteiger partial charge in [0.2, 0.25) is 0 Å². The number of fused-ring (bicyclic) bond motifs is 1. The lowest BCUT2D eigenvalue weighted by atomic mass is 10.1. The molecule has 1 heterocycles. The number of nitrogens with one attached hydrogen (secondary N) is 1. The first-order valence-corrected chi connectivity index (χ1v) is 5.58. The standard InChI is InChI=1S/C13H18N2/c1-10(14)5-4-6-11-9-15-13-8-3-2-7-12(11)13/h2-3,7-10,15H,4-6,14H2,1H3/t10-/m1/s1. The first-order valence-electron chi connectivity index (χ1n) is 5.58. The van der Waals surface area contributed by atoms with Crippen molar-refractivity contribution in [3.8, 4) is 0 Å². The Labute approximate surface area is 90.5 Å². The number of aromatic amines is 1. The van der Waals surface area contributed by atoms with E-state index in [1.165, 1.54) is 22.9 Å². The highest BCUT2D eigenvalue weighted by Gasteiger charge is 2.02. The van der Waals surface area contributed by atoms with Gasteiger partial charge in [-0.2, -0.15) is 0 Å². The summed E-state index contributed by atoms with van der Waals surface area (Å²) in [7, 11) is 0. The minimum Gasteiger partial charge on any atom is -0.361 e. The minimum absolute atomic E-state index is 0.315. The summed E-state index contributed by atoms with van der Waals surface area (Å²) in [6, 6.07) is 8.75. The number of aryl methyl sites for hydroxylation is 1. The number of nitrogens with two attached hydrogens (primary N) is 1. The molecule has 15 heavy (non-hydrogen) atoms. The Morgan fingerprint density at radius 3 is 2.93 bits per heavy atom. The van der Waals surface area contributed by atoms with E-state index in [1.807, 2.05) is 0 Å². The van der Waals surface area contributed by atoms with Gasteiger partial charge in [0, 0.05) is 23.1 Å². The van der Waals surface area contributed by atoms with Crippen LogP contribution < -0.4 is 5.73 Å². The maximum atomic E-state index is 5.74. The Kier molecular flexibility index (Phi) is 3.07. The summed E-state index contributed by atoms with van der Waals surface area (Å²) in [5.41, 5.74) is 8.38. The second-order valence-electron chi connectivity index (χ2n) is 4.23. The van der Waals surface area contributed by atoms with E-state index in [0.717, 1.165) is 12.8 Å². The van der Waals surface area contributed by atoms with Crippen molar-refractivity contribution in [1.29, 1.82) is 0 Å². The van der Waals surface area contributed by atoms with Crippen LogP contribution in [-0.2, 0) is 6.42 Å². The molecule has 2 nitrogen and oxygen atoms in total. The average molecular weight is 202 g/mol. The zero-order valence-corrected chi connectivity index (χ0v) is 9.16. The molecule has 0 spiro atoms. The second kappa shape index (κ2) is 4.49. The molecule has 0 saturated heterocycles. The lowest BCUT2D eigenvalue weighted by molar-refractivity contribution is 0.625. The van der Waals surface area contributed by atoms with Crippen LogP contribution in [0, 0.1) is 0 Å². The van der Waals surface area contributed by atoms with Crippen LogP contribution in [0.5, 0.6) is 0 Å². The number of H-pyrrole nitrogens is 1. The molecule has 0 fully saturated rings. The van der Waals surface area contributed by atoms with Gasteiger partial charge in [-0.1, -0.05) is 18.2 Å². The smallest absolute Gasteiger partial charge is 0.0456 e. The summed E-state index contributed by atoms with van der Waals surface area (Å²) in [6.07, 6.45) is 5.50. The van der Waals surface area contributed by atoms with Gasteiger partial charge in [-0.15, -0.1) is 0 Å². The van der Waals surface area contributed by atoms with Crippen molar-refractivity contribution in [2.75, 3.05) is 0 Å². The van der Waals surface area contributed by atoms with Gasteiger partial charge in [-0.25, -0.2) is 0 Å². The monoisotopic (exact) mass is 202 g/mol. The highest BCUT2D eigenvalue weighted by Crippen LogP contribution is 2.19. The summed E-state index contributed by atoms with van der Waals surface area (Å²) in [5, 5.41) is 1.35. The van der Waals surface area contributed by atoms with Crippen LogP contribution in [0.15, 0.2) is 30.5 Å². The van der Waals surface area contributed by atoms with Gasteiger partial charge in [-0.05, 0) is 37.8 Å².